The summed E-state index contributed by atoms with van der Waals surface area (Å²) in [6.07, 6.45) is 2.92. The second kappa shape index (κ2) is 6.23. The first kappa shape index (κ1) is 14.6. The third-order valence-corrected chi connectivity index (χ3v) is 3.31. The van der Waals surface area contributed by atoms with E-state index in [0.717, 1.165) is 19.1 Å². The fourth-order valence-corrected chi connectivity index (χ4v) is 2.16. The van der Waals surface area contributed by atoms with Crippen LogP contribution in [0.4, 0.5) is 0 Å². The van der Waals surface area contributed by atoms with Gasteiger partial charge in [0, 0.05) is 6.54 Å². The van der Waals surface area contributed by atoms with Crippen LogP contribution in [0.1, 0.15) is 33.6 Å². The minimum absolute atomic E-state index is 0.00305. The van der Waals surface area contributed by atoms with Gasteiger partial charge < -0.3 is 0 Å². The highest BCUT2D eigenvalue weighted by atomic mass is 32.2. The summed E-state index contributed by atoms with van der Waals surface area (Å²) in [6, 6.07) is 0. The molecule has 0 spiro atoms. The molecular weight excluding hydrogens is 214 g/mol. The van der Waals surface area contributed by atoms with Crippen LogP contribution in [0, 0.1) is 5.92 Å². The minimum Gasteiger partial charge on any atom is -0.299 e. The van der Waals surface area contributed by atoms with E-state index in [0.29, 0.717) is 12.5 Å². The van der Waals surface area contributed by atoms with Crippen molar-refractivity contribution in [2.75, 3.05) is 19.3 Å². The van der Waals surface area contributed by atoms with Crippen LogP contribution in [0.15, 0.2) is 0 Å². The summed E-state index contributed by atoms with van der Waals surface area (Å²) in [6.45, 7) is 6.03. The third kappa shape index (κ3) is 7.50. The Morgan fingerprint density at radius 3 is 2.20 bits per heavy atom. The molecule has 0 aliphatic heterocycles. The normalized spacial score (nSPS) is 12.4. The van der Waals surface area contributed by atoms with Gasteiger partial charge >= 0.3 is 0 Å². The lowest BCUT2D eigenvalue weighted by molar-refractivity contribution is -0.117. The summed E-state index contributed by atoms with van der Waals surface area (Å²) in [5.74, 6) is 0.439. The summed E-state index contributed by atoms with van der Waals surface area (Å²) in [5, 5.41) is 0. The van der Waals surface area contributed by atoms with Crippen LogP contribution in [-0.4, -0.2) is 37.9 Å². The predicted octanol–water partition coefficient (Wildman–Crippen LogP) is 1.27. The van der Waals surface area contributed by atoms with E-state index in [-0.39, 0.29) is 12.3 Å². The number of Topliss-reactive ketones (excluding diaryl/α,β-unsaturated/α-hetero) is 1. The summed E-state index contributed by atoms with van der Waals surface area (Å²) in [7, 11) is -3.25. The lowest BCUT2D eigenvalue weighted by Gasteiger charge is -2.18. The van der Waals surface area contributed by atoms with Crippen molar-refractivity contribution in [2.24, 2.45) is 5.92 Å². The fourth-order valence-electron chi connectivity index (χ4n) is 1.29. The average Bonchev–Trinajstić information content (AvgIpc) is 1.99. The molecule has 0 aromatic carbocycles. The van der Waals surface area contributed by atoms with Gasteiger partial charge in [-0.2, -0.15) is 4.31 Å². The summed E-state index contributed by atoms with van der Waals surface area (Å²) in [4.78, 5) is 10.9. The van der Waals surface area contributed by atoms with Crippen LogP contribution in [-0.2, 0) is 14.8 Å². The van der Waals surface area contributed by atoms with Crippen LogP contribution in [0.25, 0.3) is 0 Å². The monoisotopic (exact) mass is 235 g/mol. The van der Waals surface area contributed by atoms with E-state index in [9.17, 15) is 13.2 Å². The van der Waals surface area contributed by atoms with Gasteiger partial charge in [0.2, 0.25) is 10.0 Å². The van der Waals surface area contributed by atoms with Crippen molar-refractivity contribution in [3.8, 4) is 0 Å². The lowest BCUT2D eigenvalue weighted by atomic mass is 10.1. The number of carbonyl (C=O) groups excluding carboxylic acids is 1. The van der Waals surface area contributed by atoms with Crippen LogP contribution >= 0.6 is 0 Å². The van der Waals surface area contributed by atoms with E-state index in [1.165, 1.54) is 11.2 Å². The van der Waals surface area contributed by atoms with Gasteiger partial charge in [0.25, 0.3) is 0 Å². The maximum Gasteiger partial charge on any atom is 0.211 e. The Bertz CT molecular complexity index is 296. The molecule has 0 saturated heterocycles. The largest absolute Gasteiger partial charge is 0.299 e. The van der Waals surface area contributed by atoms with Gasteiger partial charge in [0.15, 0.2) is 0 Å². The predicted molar refractivity (Wildman–Crippen MR) is 61.2 cm³/mol. The molecule has 0 aromatic rings. The molecule has 0 amide bonds. The van der Waals surface area contributed by atoms with Crippen molar-refractivity contribution >= 4 is 15.8 Å². The summed E-state index contributed by atoms with van der Waals surface area (Å²) < 4.78 is 23.9. The topological polar surface area (TPSA) is 54.5 Å². The van der Waals surface area contributed by atoms with E-state index < -0.39 is 10.0 Å². The maximum atomic E-state index is 11.3. The van der Waals surface area contributed by atoms with E-state index in [1.807, 2.05) is 0 Å². The van der Waals surface area contributed by atoms with Gasteiger partial charge in [-0.3, -0.25) is 4.79 Å². The second-order valence-corrected chi connectivity index (χ2v) is 6.32. The van der Waals surface area contributed by atoms with Crippen molar-refractivity contribution in [3.63, 3.8) is 0 Å². The third-order valence-electron chi connectivity index (χ3n) is 2.06. The molecular formula is C10H21NO3S. The zero-order valence-electron chi connectivity index (χ0n) is 9.99. The van der Waals surface area contributed by atoms with Gasteiger partial charge in [-0.1, -0.05) is 13.8 Å². The number of sulfonamides is 1. The van der Waals surface area contributed by atoms with Gasteiger partial charge in [0.05, 0.1) is 12.8 Å². The zero-order chi connectivity index (χ0) is 12.1. The number of ketones is 1. The van der Waals surface area contributed by atoms with E-state index in [4.69, 9.17) is 0 Å². The standard InChI is InChI=1S/C10H21NO3S/c1-9(2)6-5-7-11(8-10(3)12)15(4,13)14/h9H,5-8H2,1-4H3. The highest BCUT2D eigenvalue weighted by Crippen LogP contribution is 2.07. The molecule has 15 heavy (non-hydrogen) atoms. The zero-order valence-corrected chi connectivity index (χ0v) is 10.8. The molecule has 0 radical (unpaired) electrons. The second-order valence-electron chi connectivity index (χ2n) is 4.33. The summed E-state index contributed by atoms with van der Waals surface area (Å²) in [5.41, 5.74) is 0. The van der Waals surface area contributed by atoms with E-state index in [1.54, 1.807) is 0 Å². The molecule has 0 aliphatic carbocycles. The molecule has 0 aromatic heterocycles. The first-order valence-corrected chi connectivity index (χ1v) is 7.03. The molecule has 0 N–H and O–H groups in total. The summed E-state index contributed by atoms with van der Waals surface area (Å²) >= 11 is 0. The molecule has 0 rings (SSSR count). The maximum absolute atomic E-state index is 11.3. The molecule has 5 heteroatoms. The number of hydrogen-bond donors (Lipinski definition) is 0. The molecule has 0 saturated carbocycles. The highest BCUT2D eigenvalue weighted by Gasteiger charge is 2.17. The molecule has 0 aliphatic rings. The van der Waals surface area contributed by atoms with Gasteiger partial charge in [-0.15, -0.1) is 0 Å². The number of nitrogens with zero attached hydrogens (tertiary/aromatic N) is 1. The fraction of sp³-hybridized carbons (Fsp3) is 0.900. The Morgan fingerprint density at radius 1 is 1.33 bits per heavy atom. The van der Waals surface area contributed by atoms with Crippen molar-refractivity contribution in [2.45, 2.75) is 33.6 Å². The Kier molecular flexibility index (Phi) is 6.05. The van der Waals surface area contributed by atoms with Gasteiger partial charge in [0.1, 0.15) is 5.78 Å². The van der Waals surface area contributed by atoms with Crippen LogP contribution in [0.3, 0.4) is 0 Å². The first-order chi connectivity index (χ1) is 6.73. The molecule has 0 heterocycles. The Morgan fingerprint density at radius 2 is 1.87 bits per heavy atom. The first-order valence-electron chi connectivity index (χ1n) is 5.18. The Hall–Kier alpha value is -0.420. The van der Waals surface area contributed by atoms with Crippen molar-refractivity contribution in [1.29, 1.82) is 0 Å². The van der Waals surface area contributed by atoms with E-state index >= 15 is 0 Å². The van der Waals surface area contributed by atoms with E-state index in [2.05, 4.69) is 13.8 Å². The van der Waals surface area contributed by atoms with Crippen LogP contribution in [0.2, 0.25) is 0 Å². The van der Waals surface area contributed by atoms with Crippen LogP contribution < -0.4 is 0 Å². The molecule has 4 nitrogen and oxygen atoms in total. The Labute approximate surface area is 92.7 Å². The van der Waals surface area contributed by atoms with Crippen molar-refractivity contribution in [3.05, 3.63) is 0 Å². The molecule has 0 unspecified atom stereocenters. The molecule has 90 valence electrons. The minimum atomic E-state index is -3.25. The Balaban J connectivity index is 4.21. The SMILES string of the molecule is CC(=O)CN(CCCC(C)C)S(C)(=O)=O. The quantitative estimate of drug-likeness (QED) is 0.668. The van der Waals surface area contributed by atoms with Gasteiger partial charge in [-0.05, 0) is 25.7 Å². The van der Waals surface area contributed by atoms with Crippen molar-refractivity contribution in [1.82, 2.24) is 4.31 Å². The van der Waals surface area contributed by atoms with Crippen molar-refractivity contribution < 1.29 is 13.2 Å². The average molecular weight is 235 g/mol. The number of rotatable bonds is 7. The molecule has 0 bridgehead atoms. The highest BCUT2D eigenvalue weighted by molar-refractivity contribution is 7.88. The lowest BCUT2D eigenvalue weighted by Crippen LogP contribution is -2.35. The number of carbonyl (C=O) groups is 1. The smallest absolute Gasteiger partial charge is 0.211 e. The molecule has 0 fully saturated rings. The number of hydrogen-bond acceptors (Lipinski definition) is 3. The van der Waals surface area contributed by atoms with Gasteiger partial charge in [-0.25, -0.2) is 8.42 Å². The van der Waals surface area contributed by atoms with Crippen LogP contribution in [0.5, 0.6) is 0 Å². The molecule has 0 atom stereocenters.